The van der Waals surface area contributed by atoms with Gasteiger partial charge in [-0.05, 0) is 6.92 Å². The topological polar surface area (TPSA) is 61.9 Å². The summed E-state index contributed by atoms with van der Waals surface area (Å²) in [5.41, 5.74) is 0.687. The molecule has 22 heavy (non-hydrogen) atoms. The number of aliphatic imine (C=N–C) groups is 1. The molecule has 0 bridgehead atoms. The van der Waals surface area contributed by atoms with E-state index >= 15 is 0 Å². The van der Waals surface area contributed by atoms with Crippen molar-refractivity contribution < 1.29 is 9.21 Å². The normalized spacial score (nSPS) is 19.0. The average molecular weight is 322 g/mol. The molecule has 1 saturated heterocycles. The Hall–Kier alpha value is -1.50. The first-order valence-electron chi connectivity index (χ1n) is 7.75. The maximum Gasteiger partial charge on any atom is 0.291 e. The minimum Gasteiger partial charge on any atom is -0.435 e. The fourth-order valence-electron chi connectivity index (χ4n) is 2.62. The zero-order valence-electron chi connectivity index (χ0n) is 13.3. The molecular weight excluding hydrogens is 300 g/mol. The van der Waals surface area contributed by atoms with Crippen molar-refractivity contribution in [3.63, 3.8) is 0 Å². The molecule has 0 N–H and O–H groups in total. The third kappa shape index (κ3) is 2.99. The minimum absolute atomic E-state index is 0.0439. The minimum atomic E-state index is -0.0439. The summed E-state index contributed by atoms with van der Waals surface area (Å²) in [5, 5.41) is 1.13. The van der Waals surface area contributed by atoms with E-state index in [9.17, 15) is 4.79 Å². The SMILES string of the molecule is Cc1nc(C(C)C)oc1C(=O)N1CCN(C2=NCCS2)CC1. The monoisotopic (exact) mass is 322 g/mol. The quantitative estimate of drug-likeness (QED) is 0.833. The van der Waals surface area contributed by atoms with Crippen LogP contribution in [0, 0.1) is 6.92 Å². The number of hydrogen-bond acceptors (Lipinski definition) is 6. The first-order chi connectivity index (χ1) is 10.6. The van der Waals surface area contributed by atoms with Gasteiger partial charge in [0.1, 0.15) is 0 Å². The Morgan fingerprint density at radius 1 is 1.27 bits per heavy atom. The lowest BCUT2D eigenvalue weighted by Gasteiger charge is -2.35. The van der Waals surface area contributed by atoms with E-state index in [4.69, 9.17) is 4.42 Å². The average Bonchev–Trinajstić information content (AvgIpc) is 3.16. The Balaban J connectivity index is 1.64. The molecule has 3 heterocycles. The smallest absolute Gasteiger partial charge is 0.291 e. The lowest BCUT2D eigenvalue weighted by Crippen LogP contribution is -2.49. The maximum atomic E-state index is 12.6. The molecule has 6 nitrogen and oxygen atoms in total. The van der Waals surface area contributed by atoms with Crippen molar-refractivity contribution in [1.82, 2.24) is 14.8 Å². The van der Waals surface area contributed by atoms with Gasteiger partial charge in [-0.15, -0.1) is 0 Å². The van der Waals surface area contributed by atoms with Gasteiger partial charge in [0.2, 0.25) is 5.76 Å². The summed E-state index contributed by atoms with van der Waals surface area (Å²) in [6, 6.07) is 0. The highest BCUT2D eigenvalue weighted by molar-refractivity contribution is 8.14. The molecule has 3 rings (SSSR count). The molecule has 1 aromatic heterocycles. The van der Waals surface area contributed by atoms with Crippen LogP contribution in [0.3, 0.4) is 0 Å². The van der Waals surface area contributed by atoms with Crippen molar-refractivity contribution in [2.45, 2.75) is 26.7 Å². The van der Waals surface area contributed by atoms with Crippen LogP contribution in [-0.2, 0) is 0 Å². The number of thioether (sulfide) groups is 1. The number of piperazine rings is 1. The second-order valence-electron chi connectivity index (χ2n) is 5.91. The Morgan fingerprint density at radius 2 is 2.00 bits per heavy atom. The van der Waals surface area contributed by atoms with Gasteiger partial charge in [0.15, 0.2) is 11.1 Å². The van der Waals surface area contributed by atoms with Crippen LogP contribution in [0.4, 0.5) is 0 Å². The predicted octanol–water partition coefficient (Wildman–Crippen LogP) is 1.97. The zero-order chi connectivity index (χ0) is 15.7. The predicted molar refractivity (Wildman–Crippen MR) is 87.6 cm³/mol. The second-order valence-corrected chi connectivity index (χ2v) is 6.98. The highest BCUT2D eigenvalue weighted by Gasteiger charge is 2.28. The first kappa shape index (κ1) is 15.4. The van der Waals surface area contributed by atoms with Gasteiger partial charge in [-0.3, -0.25) is 9.79 Å². The first-order valence-corrected chi connectivity index (χ1v) is 8.73. The molecule has 0 radical (unpaired) electrons. The van der Waals surface area contributed by atoms with E-state index in [1.807, 2.05) is 37.4 Å². The summed E-state index contributed by atoms with van der Waals surface area (Å²) in [4.78, 5) is 25.6. The Labute approximate surface area is 135 Å². The maximum absolute atomic E-state index is 12.6. The van der Waals surface area contributed by atoms with Crippen molar-refractivity contribution in [2.75, 3.05) is 38.5 Å². The van der Waals surface area contributed by atoms with E-state index in [1.54, 1.807) is 0 Å². The molecule has 1 aromatic rings. The summed E-state index contributed by atoms with van der Waals surface area (Å²) in [5.74, 6) is 2.25. The molecule has 0 saturated carbocycles. The van der Waals surface area contributed by atoms with E-state index in [-0.39, 0.29) is 11.8 Å². The number of amides is 1. The molecule has 0 aromatic carbocycles. The summed E-state index contributed by atoms with van der Waals surface area (Å²) in [6.45, 7) is 9.85. The molecular formula is C15H22N4O2S. The number of rotatable bonds is 2. The number of carbonyl (C=O) groups excluding carboxylic acids is 1. The standard InChI is InChI=1S/C15H22N4O2S/c1-10(2)13-17-11(3)12(21-13)14(20)18-5-7-19(8-6-18)15-16-4-9-22-15/h10H,4-9H2,1-3H3. The fraction of sp³-hybridized carbons (Fsp3) is 0.667. The number of amidine groups is 1. The summed E-state index contributed by atoms with van der Waals surface area (Å²) >= 11 is 1.81. The van der Waals surface area contributed by atoms with Gasteiger partial charge in [-0.2, -0.15) is 0 Å². The van der Waals surface area contributed by atoms with Crippen LogP contribution >= 0.6 is 11.8 Å². The Bertz CT molecular complexity index is 588. The van der Waals surface area contributed by atoms with E-state index < -0.39 is 0 Å². The van der Waals surface area contributed by atoms with E-state index in [1.165, 1.54) is 0 Å². The number of hydrogen-bond donors (Lipinski definition) is 0. The molecule has 0 unspecified atom stereocenters. The molecule has 120 valence electrons. The van der Waals surface area contributed by atoms with Crippen LogP contribution in [0.15, 0.2) is 9.41 Å². The number of carbonyl (C=O) groups is 1. The number of aryl methyl sites for hydroxylation is 1. The Morgan fingerprint density at radius 3 is 2.55 bits per heavy atom. The van der Waals surface area contributed by atoms with Crippen LogP contribution in [0.2, 0.25) is 0 Å². The van der Waals surface area contributed by atoms with Gasteiger partial charge in [-0.25, -0.2) is 4.98 Å². The second kappa shape index (κ2) is 6.32. The van der Waals surface area contributed by atoms with Gasteiger partial charge < -0.3 is 14.2 Å². The van der Waals surface area contributed by atoms with Crippen molar-refractivity contribution in [1.29, 1.82) is 0 Å². The molecule has 0 spiro atoms. The molecule has 1 fully saturated rings. The van der Waals surface area contributed by atoms with Gasteiger partial charge in [-0.1, -0.05) is 25.6 Å². The molecule has 2 aliphatic rings. The highest BCUT2D eigenvalue weighted by atomic mass is 32.2. The van der Waals surface area contributed by atoms with Crippen molar-refractivity contribution in [3.05, 3.63) is 17.3 Å². The zero-order valence-corrected chi connectivity index (χ0v) is 14.2. The van der Waals surface area contributed by atoms with Crippen LogP contribution < -0.4 is 0 Å². The molecule has 1 amide bonds. The largest absolute Gasteiger partial charge is 0.435 e. The molecule has 7 heteroatoms. The summed E-state index contributed by atoms with van der Waals surface area (Å²) < 4.78 is 5.67. The van der Waals surface area contributed by atoms with Gasteiger partial charge in [0.25, 0.3) is 5.91 Å². The van der Waals surface area contributed by atoms with Crippen LogP contribution in [0.5, 0.6) is 0 Å². The van der Waals surface area contributed by atoms with Gasteiger partial charge >= 0.3 is 0 Å². The third-order valence-electron chi connectivity index (χ3n) is 3.91. The lowest BCUT2D eigenvalue weighted by atomic mass is 10.2. The van der Waals surface area contributed by atoms with Crippen LogP contribution in [0.1, 0.15) is 41.9 Å². The molecule has 2 aliphatic heterocycles. The number of oxazole rings is 1. The van der Waals surface area contributed by atoms with Crippen molar-refractivity contribution in [3.8, 4) is 0 Å². The van der Waals surface area contributed by atoms with Crippen LogP contribution in [-0.4, -0.2) is 64.3 Å². The Kier molecular flexibility index (Phi) is 4.42. The highest BCUT2D eigenvalue weighted by Crippen LogP contribution is 2.21. The number of nitrogens with zero attached hydrogens (tertiary/aromatic N) is 4. The lowest BCUT2D eigenvalue weighted by molar-refractivity contribution is 0.0658. The summed E-state index contributed by atoms with van der Waals surface area (Å²) in [7, 11) is 0. The number of aromatic nitrogens is 1. The third-order valence-corrected chi connectivity index (χ3v) is 4.94. The van der Waals surface area contributed by atoms with E-state index in [2.05, 4.69) is 14.9 Å². The van der Waals surface area contributed by atoms with E-state index in [0.717, 1.165) is 30.6 Å². The molecule has 0 atom stereocenters. The van der Waals surface area contributed by atoms with Gasteiger partial charge in [0, 0.05) is 37.8 Å². The van der Waals surface area contributed by atoms with Crippen molar-refractivity contribution >= 4 is 22.8 Å². The van der Waals surface area contributed by atoms with Gasteiger partial charge in [0.05, 0.1) is 12.2 Å². The van der Waals surface area contributed by atoms with E-state index in [0.29, 0.717) is 30.4 Å². The molecule has 0 aliphatic carbocycles. The van der Waals surface area contributed by atoms with Crippen LogP contribution in [0.25, 0.3) is 0 Å². The fourth-order valence-corrected chi connectivity index (χ4v) is 3.54. The summed E-state index contributed by atoms with van der Waals surface area (Å²) in [6.07, 6.45) is 0. The van der Waals surface area contributed by atoms with Crippen molar-refractivity contribution in [2.24, 2.45) is 4.99 Å².